The first-order chi connectivity index (χ1) is 7.68. The summed E-state index contributed by atoms with van der Waals surface area (Å²) in [5.74, 6) is 0. The Bertz CT molecular complexity index is 367. The Morgan fingerprint density at radius 2 is 2.12 bits per heavy atom. The molecule has 1 fully saturated rings. The molecule has 0 spiro atoms. The first kappa shape index (κ1) is 11.6. The number of ether oxygens (including phenoxy) is 1. The van der Waals surface area contributed by atoms with Gasteiger partial charge in [-0.05, 0) is 43.4 Å². The van der Waals surface area contributed by atoms with Gasteiger partial charge in [0.1, 0.15) is 0 Å². The van der Waals surface area contributed by atoms with Gasteiger partial charge in [0.25, 0.3) is 0 Å². The molecular weight excluding hydrogens is 198 g/mol. The molecule has 2 rings (SSSR count). The molecular formula is C14H21NO. The van der Waals surface area contributed by atoms with E-state index < -0.39 is 0 Å². The van der Waals surface area contributed by atoms with Crippen molar-refractivity contribution in [1.29, 1.82) is 0 Å². The lowest BCUT2D eigenvalue weighted by atomic mass is 9.75. The molecule has 0 amide bonds. The van der Waals surface area contributed by atoms with E-state index in [2.05, 4.69) is 32.0 Å². The second-order valence-electron chi connectivity index (χ2n) is 4.94. The van der Waals surface area contributed by atoms with Crippen molar-refractivity contribution in [3.63, 3.8) is 0 Å². The van der Waals surface area contributed by atoms with Crippen molar-refractivity contribution in [2.24, 2.45) is 5.73 Å². The van der Waals surface area contributed by atoms with E-state index in [0.717, 1.165) is 26.1 Å². The SMILES string of the molecule is Cc1ccc(C2(CN)CCCOC2)cc1C. The Balaban J connectivity index is 2.35. The van der Waals surface area contributed by atoms with E-state index in [1.807, 2.05) is 0 Å². The molecule has 0 radical (unpaired) electrons. The minimum absolute atomic E-state index is 0.0523. The molecule has 1 aliphatic heterocycles. The highest BCUT2D eigenvalue weighted by molar-refractivity contribution is 5.35. The van der Waals surface area contributed by atoms with Crippen LogP contribution in [-0.2, 0) is 10.2 Å². The quantitative estimate of drug-likeness (QED) is 0.828. The summed E-state index contributed by atoms with van der Waals surface area (Å²) < 4.78 is 5.62. The highest BCUT2D eigenvalue weighted by atomic mass is 16.5. The molecule has 0 saturated carbocycles. The zero-order chi connectivity index (χ0) is 11.6. The largest absolute Gasteiger partial charge is 0.380 e. The van der Waals surface area contributed by atoms with Crippen LogP contribution in [0.3, 0.4) is 0 Å². The molecule has 1 atom stereocenters. The fraction of sp³-hybridized carbons (Fsp3) is 0.571. The Morgan fingerprint density at radius 3 is 2.69 bits per heavy atom. The van der Waals surface area contributed by atoms with Crippen LogP contribution in [0.5, 0.6) is 0 Å². The standard InChI is InChI=1S/C14H21NO/c1-11-4-5-13(8-12(11)2)14(9-15)6-3-7-16-10-14/h4-5,8H,3,6-7,9-10,15H2,1-2H3. The van der Waals surface area contributed by atoms with Crippen molar-refractivity contribution in [2.75, 3.05) is 19.8 Å². The van der Waals surface area contributed by atoms with Gasteiger partial charge in [0, 0.05) is 18.6 Å². The summed E-state index contributed by atoms with van der Waals surface area (Å²) >= 11 is 0. The first-order valence-electron chi connectivity index (χ1n) is 6.03. The van der Waals surface area contributed by atoms with Crippen LogP contribution in [0.25, 0.3) is 0 Å². The molecule has 1 unspecified atom stereocenters. The van der Waals surface area contributed by atoms with Gasteiger partial charge < -0.3 is 10.5 Å². The lowest BCUT2D eigenvalue weighted by molar-refractivity contribution is 0.0377. The molecule has 0 aromatic heterocycles. The summed E-state index contributed by atoms with van der Waals surface area (Å²) in [6, 6.07) is 6.68. The first-order valence-corrected chi connectivity index (χ1v) is 6.03. The van der Waals surface area contributed by atoms with Crippen LogP contribution >= 0.6 is 0 Å². The third-order valence-electron chi connectivity index (χ3n) is 3.83. The fourth-order valence-electron chi connectivity index (χ4n) is 2.43. The van der Waals surface area contributed by atoms with Crippen LogP contribution in [0, 0.1) is 13.8 Å². The second kappa shape index (κ2) is 4.56. The van der Waals surface area contributed by atoms with Gasteiger partial charge in [-0.25, -0.2) is 0 Å². The highest BCUT2D eigenvalue weighted by Crippen LogP contribution is 2.33. The molecule has 2 heteroatoms. The molecule has 1 saturated heterocycles. The summed E-state index contributed by atoms with van der Waals surface area (Å²) in [7, 11) is 0. The Kier molecular flexibility index (Phi) is 3.31. The zero-order valence-corrected chi connectivity index (χ0v) is 10.3. The molecule has 2 nitrogen and oxygen atoms in total. The number of hydrogen-bond acceptors (Lipinski definition) is 2. The van der Waals surface area contributed by atoms with Gasteiger partial charge >= 0.3 is 0 Å². The topological polar surface area (TPSA) is 35.2 Å². The van der Waals surface area contributed by atoms with E-state index in [-0.39, 0.29) is 5.41 Å². The van der Waals surface area contributed by atoms with E-state index >= 15 is 0 Å². The van der Waals surface area contributed by atoms with Crippen LogP contribution in [0.2, 0.25) is 0 Å². The molecule has 1 aliphatic rings. The summed E-state index contributed by atoms with van der Waals surface area (Å²) in [6.07, 6.45) is 2.26. The van der Waals surface area contributed by atoms with Crippen LogP contribution in [0.15, 0.2) is 18.2 Å². The van der Waals surface area contributed by atoms with Crippen LogP contribution < -0.4 is 5.73 Å². The third-order valence-corrected chi connectivity index (χ3v) is 3.83. The molecule has 1 aromatic rings. The number of rotatable bonds is 2. The summed E-state index contributed by atoms with van der Waals surface area (Å²) in [5, 5.41) is 0. The second-order valence-corrected chi connectivity index (χ2v) is 4.94. The molecule has 16 heavy (non-hydrogen) atoms. The van der Waals surface area contributed by atoms with Crippen LogP contribution in [-0.4, -0.2) is 19.8 Å². The van der Waals surface area contributed by atoms with Crippen molar-refractivity contribution in [3.05, 3.63) is 34.9 Å². The van der Waals surface area contributed by atoms with Gasteiger partial charge in [0.05, 0.1) is 6.61 Å². The zero-order valence-electron chi connectivity index (χ0n) is 10.3. The molecule has 0 bridgehead atoms. The van der Waals surface area contributed by atoms with E-state index in [1.165, 1.54) is 16.7 Å². The Morgan fingerprint density at radius 1 is 1.31 bits per heavy atom. The predicted molar refractivity (Wildman–Crippen MR) is 66.7 cm³/mol. The summed E-state index contributed by atoms with van der Waals surface area (Å²) in [4.78, 5) is 0. The summed E-state index contributed by atoms with van der Waals surface area (Å²) in [6.45, 7) is 6.63. The van der Waals surface area contributed by atoms with Crippen LogP contribution in [0.4, 0.5) is 0 Å². The molecule has 88 valence electrons. The van der Waals surface area contributed by atoms with Crippen molar-refractivity contribution >= 4 is 0 Å². The van der Waals surface area contributed by atoms with Crippen molar-refractivity contribution in [1.82, 2.24) is 0 Å². The number of nitrogens with two attached hydrogens (primary N) is 1. The van der Waals surface area contributed by atoms with Crippen molar-refractivity contribution in [3.8, 4) is 0 Å². The normalized spacial score (nSPS) is 25.7. The van der Waals surface area contributed by atoms with Crippen molar-refractivity contribution in [2.45, 2.75) is 32.1 Å². The van der Waals surface area contributed by atoms with E-state index in [0.29, 0.717) is 6.54 Å². The molecule has 1 aromatic carbocycles. The third kappa shape index (κ3) is 2.00. The predicted octanol–water partition coefficient (Wildman–Crippen LogP) is 2.31. The number of benzene rings is 1. The molecule has 0 aliphatic carbocycles. The maximum Gasteiger partial charge on any atom is 0.0575 e. The molecule has 2 N–H and O–H groups in total. The smallest absolute Gasteiger partial charge is 0.0575 e. The van der Waals surface area contributed by atoms with Crippen LogP contribution in [0.1, 0.15) is 29.5 Å². The van der Waals surface area contributed by atoms with E-state index in [4.69, 9.17) is 10.5 Å². The number of aryl methyl sites for hydroxylation is 2. The monoisotopic (exact) mass is 219 g/mol. The number of hydrogen-bond donors (Lipinski definition) is 1. The maximum atomic E-state index is 5.98. The highest BCUT2D eigenvalue weighted by Gasteiger charge is 2.33. The maximum absolute atomic E-state index is 5.98. The van der Waals surface area contributed by atoms with Gasteiger partial charge in [-0.3, -0.25) is 0 Å². The average molecular weight is 219 g/mol. The van der Waals surface area contributed by atoms with Gasteiger partial charge in [-0.1, -0.05) is 18.2 Å². The van der Waals surface area contributed by atoms with E-state index in [1.54, 1.807) is 0 Å². The Labute approximate surface area is 97.8 Å². The lowest BCUT2D eigenvalue weighted by Crippen LogP contribution is -2.42. The van der Waals surface area contributed by atoms with Gasteiger partial charge in [0.2, 0.25) is 0 Å². The van der Waals surface area contributed by atoms with E-state index in [9.17, 15) is 0 Å². The fourth-order valence-corrected chi connectivity index (χ4v) is 2.43. The Hall–Kier alpha value is -0.860. The average Bonchev–Trinajstić information content (AvgIpc) is 2.33. The van der Waals surface area contributed by atoms with Gasteiger partial charge in [-0.15, -0.1) is 0 Å². The lowest BCUT2D eigenvalue weighted by Gasteiger charge is -2.36. The summed E-state index contributed by atoms with van der Waals surface area (Å²) in [5.41, 5.74) is 10.1. The van der Waals surface area contributed by atoms with Gasteiger partial charge in [-0.2, -0.15) is 0 Å². The minimum Gasteiger partial charge on any atom is -0.380 e. The van der Waals surface area contributed by atoms with Crippen molar-refractivity contribution < 1.29 is 4.74 Å². The minimum atomic E-state index is 0.0523. The molecule has 1 heterocycles. The van der Waals surface area contributed by atoms with Gasteiger partial charge in [0.15, 0.2) is 0 Å².